The van der Waals surface area contributed by atoms with Gasteiger partial charge in [0, 0.05) is 29.1 Å². The van der Waals surface area contributed by atoms with E-state index < -0.39 is 0 Å². The van der Waals surface area contributed by atoms with Crippen LogP contribution >= 0.6 is 11.6 Å². The second kappa shape index (κ2) is 5.78. The monoisotopic (exact) mass is 345 g/mol. The molecule has 0 bridgehead atoms. The van der Waals surface area contributed by atoms with E-state index in [4.69, 9.17) is 16.0 Å². The number of furan rings is 1. The van der Waals surface area contributed by atoms with Crippen molar-refractivity contribution in [1.29, 1.82) is 0 Å². The SMILES string of the molecule is Cc1c(Cl)cccc1NC(=O)c1oc2c(c1C)C(=O)CC(C)(C)C2. The minimum atomic E-state index is -0.363. The fourth-order valence-electron chi connectivity index (χ4n) is 3.22. The number of benzene rings is 1. The Labute approximate surface area is 146 Å². The summed E-state index contributed by atoms with van der Waals surface area (Å²) < 4.78 is 5.78. The maximum absolute atomic E-state index is 12.6. The quantitative estimate of drug-likeness (QED) is 0.837. The Morgan fingerprint density at radius 2 is 1.92 bits per heavy atom. The zero-order chi connectivity index (χ0) is 17.6. The third-order valence-electron chi connectivity index (χ3n) is 4.50. The van der Waals surface area contributed by atoms with Gasteiger partial charge in [-0.3, -0.25) is 9.59 Å². The minimum absolute atomic E-state index is 0.0421. The van der Waals surface area contributed by atoms with Gasteiger partial charge in [0.1, 0.15) is 5.76 Å². The van der Waals surface area contributed by atoms with Gasteiger partial charge in [0.2, 0.25) is 0 Å². The van der Waals surface area contributed by atoms with Gasteiger partial charge in [0.15, 0.2) is 11.5 Å². The van der Waals surface area contributed by atoms with Gasteiger partial charge in [-0.25, -0.2) is 0 Å². The van der Waals surface area contributed by atoms with E-state index in [0.29, 0.717) is 40.4 Å². The molecule has 2 aromatic rings. The summed E-state index contributed by atoms with van der Waals surface area (Å²) >= 11 is 6.09. The summed E-state index contributed by atoms with van der Waals surface area (Å²) in [6.07, 6.45) is 1.12. The molecule has 0 radical (unpaired) electrons. The van der Waals surface area contributed by atoms with Crippen molar-refractivity contribution in [3.63, 3.8) is 0 Å². The number of hydrogen-bond acceptors (Lipinski definition) is 3. The number of halogens is 1. The average molecular weight is 346 g/mol. The average Bonchev–Trinajstić information content (AvgIpc) is 2.79. The van der Waals surface area contributed by atoms with Crippen LogP contribution in [-0.4, -0.2) is 11.7 Å². The third kappa shape index (κ3) is 2.86. The third-order valence-corrected chi connectivity index (χ3v) is 4.91. The smallest absolute Gasteiger partial charge is 0.291 e. The Kier molecular flexibility index (Phi) is 4.04. The number of anilines is 1. The van der Waals surface area contributed by atoms with E-state index in [-0.39, 0.29) is 22.9 Å². The van der Waals surface area contributed by atoms with Crippen molar-refractivity contribution in [1.82, 2.24) is 0 Å². The van der Waals surface area contributed by atoms with Crippen molar-refractivity contribution in [2.75, 3.05) is 5.32 Å². The van der Waals surface area contributed by atoms with E-state index in [1.165, 1.54) is 0 Å². The van der Waals surface area contributed by atoms with Crippen LogP contribution in [0.2, 0.25) is 5.02 Å². The van der Waals surface area contributed by atoms with E-state index >= 15 is 0 Å². The Hall–Kier alpha value is -2.07. The fraction of sp³-hybridized carbons (Fsp3) is 0.368. The van der Waals surface area contributed by atoms with Crippen LogP contribution in [0.5, 0.6) is 0 Å². The standard InChI is InChI=1S/C19H20ClNO3/c1-10-12(20)6-5-7-13(10)21-18(23)17-11(2)16-14(22)8-19(3,4)9-15(16)24-17/h5-7H,8-9H2,1-4H3,(H,21,23). The summed E-state index contributed by atoms with van der Waals surface area (Å²) in [5, 5.41) is 3.41. The number of Topliss-reactive ketones (excluding diaryl/α,β-unsaturated/α-hetero) is 1. The largest absolute Gasteiger partial charge is 0.455 e. The Balaban J connectivity index is 1.95. The highest BCUT2D eigenvalue weighted by atomic mass is 35.5. The number of ketones is 1. The van der Waals surface area contributed by atoms with Gasteiger partial charge in [0.25, 0.3) is 5.91 Å². The van der Waals surface area contributed by atoms with Gasteiger partial charge >= 0.3 is 0 Å². The molecule has 3 rings (SSSR count). The van der Waals surface area contributed by atoms with Gasteiger partial charge in [-0.1, -0.05) is 31.5 Å². The molecule has 0 unspecified atom stereocenters. The highest BCUT2D eigenvalue weighted by Crippen LogP contribution is 2.38. The van der Waals surface area contributed by atoms with Crippen LogP contribution in [0.1, 0.15) is 58.1 Å². The van der Waals surface area contributed by atoms with Crippen molar-refractivity contribution in [3.05, 3.63) is 51.4 Å². The van der Waals surface area contributed by atoms with Crippen LogP contribution in [0, 0.1) is 19.3 Å². The summed E-state index contributed by atoms with van der Waals surface area (Å²) in [4.78, 5) is 25.0. The zero-order valence-electron chi connectivity index (χ0n) is 14.2. The van der Waals surface area contributed by atoms with Gasteiger partial charge in [-0.15, -0.1) is 0 Å². The van der Waals surface area contributed by atoms with Crippen molar-refractivity contribution in [2.45, 2.75) is 40.5 Å². The molecular weight excluding hydrogens is 326 g/mol. The van der Waals surface area contributed by atoms with Crippen LogP contribution in [0.4, 0.5) is 5.69 Å². The zero-order valence-corrected chi connectivity index (χ0v) is 15.0. The number of carbonyl (C=O) groups is 2. The van der Waals surface area contributed by atoms with Crippen molar-refractivity contribution in [3.8, 4) is 0 Å². The predicted molar refractivity (Wildman–Crippen MR) is 94.0 cm³/mol. The summed E-state index contributed by atoms with van der Waals surface area (Å²) in [5.74, 6) is 0.491. The molecule has 1 N–H and O–H groups in total. The topological polar surface area (TPSA) is 59.3 Å². The number of fused-ring (bicyclic) bond motifs is 1. The van der Waals surface area contributed by atoms with Gasteiger partial charge in [-0.2, -0.15) is 0 Å². The summed E-state index contributed by atoms with van der Waals surface area (Å²) in [5.41, 5.74) is 2.46. The number of carbonyl (C=O) groups excluding carboxylic acids is 2. The molecule has 5 heteroatoms. The maximum Gasteiger partial charge on any atom is 0.291 e. The predicted octanol–water partition coefficient (Wildman–Crippen LogP) is 4.96. The summed E-state index contributed by atoms with van der Waals surface area (Å²) in [6, 6.07) is 5.33. The van der Waals surface area contributed by atoms with E-state index in [2.05, 4.69) is 5.32 Å². The summed E-state index contributed by atoms with van der Waals surface area (Å²) in [6.45, 7) is 7.66. The number of hydrogen-bond donors (Lipinski definition) is 1. The molecule has 1 aromatic heterocycles. The van der Waals surface area contributed by atoms with E-state index in [9.17, 15) is 9.59 Å². The maximum atomic E-state index is 12.6. The van der Waals surface area contributed by atoms with Crippen LogP contribution in [0.3, 0.4) is 0 Å². The minimum Gasteiger partial charge on any atom is -0.455 e. The van der Waals surface area contributed by atoms with E-state index in [0.717, 1.165) is 5.56 Å². The molecule has 1 aliphatic rings. The molecule has 0 saturated heterocycles. The first-order valence-corrected chi connectivity index (χ1v) is 8.29. The van der Waals surface area contributed by atoms with E-state index in [1.54, 1.807) is 25.1 Å². The van der Waals surface area contributed by atoms with Gasteiger partial charge in [0.05, 0.1) is 5.56 Å². The molecular formula is C19H20ClNO3. The molecule has 1 heterocycles. The normalized spacial score (nSPS) is 16.0. The summed E-state index contributed by atoms with van der Waals surface area (Å²) in [7, 11) is 0. The number of rotatable bonds is 2. The van der Waals surface area contributed by atoms with Crippen LogP contribution in [0.25, 0.3) is 0 Å². The highest BCUT2D eigenvalue weighted by Gasteiger charge is 2.37. The van der Waals surface area contributed by atoms with Crippen molar-refractivity contribution in [2.24, 2.45) is 5.41 Å². The van der Waals surface area contributed by atoms with Crippen LogP contribution in [-0.2, 0) is 6.42 Å². The van der Waals surface area contributed by atoms with E-state index in [1.807, 2.05) is 20.8 Å². The molecule has 24 heavy (non-hydrogen) atoms. The molecule has 1 amide bonds. The lowest BCUT2D eigenvalue weighted by Crippen LogP contribution is -2.26. The highest BCUT2D eigenvalue weighted by molar-refractivity contribution is 6.31. The first-order chi connectivity index (χ1) is 11.2. The molecule has 0 aliphatic heterocycles. The molecule has 126 valence electrons. The molecule has 4 nitrogen and oxygen atoms in total. The molecule has 1 aliphatic carbocycles. The molecule has 0 atom stereocenters. The Bertz CT molecular complexity index is 849. The first-order valence-electron chi connectivity index (χ1n) is 7.91. The fourth-order valence-corrected chi connectivity index (χ4v) is 3.40. The van der Waals surface area contributed by atoms with Crippen LogP contribution in [0.15, 0.2) is 22.6 Å². The second-order valence-electron chi connectivity index (χ2n) is 7.16. The van der Waals surface area contributed by atoms with Gasteiger partial charge in [-0.05, 0) is 37.0 Å². The molecule has 0 fully saturated rings. The molecule has 1 aromatic carbocycles. The lowest BCUT2D eigenvalue weighted by Gasteiger charge is -2.27. The van der Waals surface area contributed by atoms with Crippen LogP contribution < -0.4 is 5.32 Å². The van der Waals surface area contributed by atoms with Crippen molar-refractivity contribution < 1.29 is 14.0 Å². The molecule has 0 saturated carbocycles. The lowest BCUT2D eigenvalue weighted by molar-refractivity contribution is 0.0898. The first kappa shape index (κ1) is 16.8. The second-order valence-corrected chi connectivity index (χ2v) is 7.57. The number of nitrogens with one attached hydrogen (secondary N) is 1. The molecule has 0 spiro atoms. The van der Waals surface area contributed by atoms with Gasteiger partial charge < -0.3 is 9.73 Å². The Morgan fingerprint density at radius 3 is 2.62 bits per heavy atom. The Morgan fingerprint density at radius 1 is 1.21 bits per heavy atom. The van der Waals surface area contributed by atoms with Crippen molar-refractivity contribution >= 4 is 29.0 Å². The number of amides is 1. The lowest BCUT2D eigenvalue weighted by atomic mass is 9.76.